The van der Waals surface area contributed by atoms with E-state index in [-0.39, 0.29) is 12.5 Å². The molecule has 0 aromatic rings. The van der Waals surface area contributed by atoms with Crippen molar-refractivity contribution in [2.75, 3.05) is 20.6 Å². The number of amides is 4. The Kier molecular flexibility index (Phi) is 4.84. The van der Waals surface area contributed by atoms with Gasteiger partial charge in [-0.05, 0) is 26.4 Å². The fourth-order valence-corrected chi connectivity index (χ4v) is 2.16. The smallest absolute Gasteiger partial charge is 0.307 e. The number of imide groups is 2. The van der Waals surface area contributed by atoms with E-state index in [0.717, 1.165) is 6.42 Å². The molecule has 4 amide bonds. The molecule has 18 heavy (non-hydrogen) atoms. The number of nitrogens with one attached hydrogen (secondary N) is 1. The van der Waals surface area contributed by atoms with Crippen molar-refractivity contribution < 1.29 is 14.4 Å². The third-order valence-corrected chi connectivity index (χ3v) is 2.73. The average Bonchev–Trinajstić information content (AvgIpc) is 2.12. The fourth-order valence-electron chi connectivity index (χ4n) is 2.16. The van der Waals surface area contributed by atoms with Crippen molar-refractivity contribution in [3.8, 4) is 0 Å². The molecule has 1 saturated heterocycles. The second kappa shape index (κ2) is 5.95. The molecule has 1 unspecified atom stereocenters. The molecule has 1 aliphatic heterocycles. The Morgan fingerprint density at radius 2 is 1.89 bits per heavy atom. The van der Waals surface area contributed by atoms with E-state index in [1.54, 1.807) is 0 Å². The summed E-state index contributed by atoms with van der Waals surface area (Å²) in [4.78, 5) is 37.9. The molecule has 6 nitrogen and oxygen atoms in total. The summed E-state index contributed by atoms with van der Waals surface area (Å²) in [5.41, 5.74) is 0. The summed E-state index contributed by atoms with van der Waals surface area (Å²) in [5, 5.41) is 2.20. The molecule has 0 aromatic carbocycles. The Balaban J connectivity index is 2.85. The number of rotatable bonds is 5. The van der Waals surface area contributed by atoms with Gasteiger partial charge in [-0.15, -0.1) is 0 Å². The first-order chi connectivity index (χ1) is 8.31. The maximum atomic E-state index is 11.8. The lowest BCUT2D eigenvalue weighted by molar-refractivity contribution is -0.138. The fraction of sp³-hybridized carbons (Fsp3) is 0.750. The number of likely N-dealkylation sites (N-methyl/N-ethyl adjacent to an activating group) is 1. The number of urea groups is 1. The molecule has 102 valence electrons. The largest absolute Gasteiger partial charge is 0.331 e. The molecule has 1 heterocycles. The minimum Gasteiger partial charge on any atom is -0.307 e. The van der Waals surface area contributed by atoms with E-state index < -0.39 is 17.8 Å². The van der Waals surface area contributed by atoms with Crippen LogP contribution in [0.2, 0.25) is 0 Å². The zero-order valence-electron chi connectivity index (χ0n) is 11.4. The first kappa shape index (κ1) is 14.6. The van der Waals surface area contributed by atoms with Crippen LogP contribution in [0, 0.1) is 5.92 Å². The lowest BCUT2D eigenvalue weighted by Gasteiger charge is -2.34. The highest BCUT2D eigenvalue weighted by Crippen LogP contribution is 2.16. The third-order valence-electron chi connectivity index (χ3n) is 2.73. The van der Waals surface area contributed by atoms with Crippen LogP contribution in [0.15, 0.2) is 0 Å². The summed E-state index contributed by atoms with van der Waals surface area (Å²) in [5.74, 6) is -0.557. The van der Waals surface area contributed by atoms with Gasteiger partial charge >= 0.3 is 6.03 Å². The van der Waals surface area contributed by atoms with Crippen molar-refractivity contribution in [1.82, 2.24) is 15.1 Å². The summed E-state index contributed by atoms with van der Waals surface area (Å²) in [6.45, 7) is 4.69. The summed E-state index contributed by atoms with van der Waals surface area (Å²) in [6, 6.07) is -0.788. The highest BCUT2D eigenvalue weighted by Gasteiger charge is 2.36. The minimum atomic E-state index is -0.594. The van der Waals surface area contributed by atoms with Gasteiger partial charge < -0.3 is 4.90 Å². The summed E-state index contributed by atoms with van der Waals surface area (Å²) < 4.78 is 0. The van der Waals surface area contributed by atoms with E-state index in [9.17, 15) is 14.4 Å². The second-order valence-electron chi connectivity index (χ2n) is 5.34. The number of carbonyl (C=O) groups excluding carboxylic acids is 3. The Morgan fingerprint density at radius 3 is 2.33 bits per heavy atom. The van der Waals surface area contributed by atoms with Crippen LogP contribution in [-0.2, 0) is 9.59 Å². The van der Waals surface area contributed by atoms with Gasteiger partial charge in [0.2, 0.25) is 11.8 Å². The van der Waals surface area contributed by atoms with Crippen LogP contribution in [0.25, 0.3) is 0 Å². The van der Waals surface area contributed by atoms with Crippen LogP contribution in [0.5, 0.6) is 0 Å². The predicted molar refractivity (Wildman–Crippen MR) is 66.8 cm³/mol. The number of hydrogen-bond donors (Lipinski definition) is 1. The molecule has 1 rings (SSSR count). The van der Waals surface area contributed by atoms with Crippen LogP contribution in [0.4, 0.5) is 4.79 Å². The van der Waals surface area contributed by atoms with Gasteiger partial charge in [-0.1, -0.05) is 13.8 Å². The van der Waals surface area contributed by atoms with Gasteiger partial charge in [-0.3, -0.25) is 19.8 Å². The molecule has 6 heteroatoms. The molecule has 1 aliphatic rings. The lowest BCUT2D eigenvalue weighted by atomic mass is 10.0. The molecular weight excluding hydrogens is 234 g/mol. The van der Waals surface area contributed by atoms with E-state index in [0.29, 0.717) is 12.5 Å². The molecule has 1 atom stereocenters. The Bertz CT molecular complexity index is 322. The SMILES string of the molecule is CC(C)CC(CN(C)C)N1C(=O)CC(=O)NC1=O. The van der Waals surface area contributed by atoms with Gasteiger partial charge in [-0.25, -0.2) is 4.79 Å². The Hall–Kier alpha value is -1.43. The van der Waals surface area contributed by atoms with Gasteiger partial charge in [0.15, 0.2) is 0 Å². The van der Waals surface area contributed by atoms with Gasteiger partial charge in [0.25, 0.3) is 0 Å². The molecule has 0 radical (unpaired) electrons. The number of nitrogens with zero attached hydrogens (tertiary/aromatic N) is 2. The van der Waals surface area contributed by atoms with Crippen molar-refractivity contribution in [3.05, 3.63) is 0 Å². The van der Waals surface area contributed by atoms with E-state index >= 15 is 0 Å². The van der Waals surface area contributed by atoms with Crippen molar-refractivity contribution in [2.45, 2.75) is 32.7 Å². The summed E-state index contributed by atoms with van der Waals surface area (Å²) in [6.07, 6.45) is 0.485. The first-order valence-corrected chi connectivity index (χ1v) is 6.11. The molecule has 0 aliphatic carbocycles. The Morgan fingerprint density at radius 1 is 1.28 bits per heavy atom. The highest BCUT2D eigenvalue weighted by atomic mass is 16.2. The molecule has 1 N–H and O–H groups in total. The lowest BCUT2D eigenvalue weighted by Crippen LogP contribution is -2.58. The number of carbonyl (C=O) groups is 3. The van der Waals surface area contributed by atoms with E-state index in [4.69, 9.17) is 0 Å². The van der Waals surface area contributed by atoms with Crippen molar-refractivity contribution >= 4 is 17.8 Å². The van der Waals surface area contributed by atoms with Gasteiger partial charge in [0, 0.05) is 6.54 Å². The normalized spacial score (nSPS) is 18.6. The third kappa shape index (κ3) is 3.80. The molecule has 0 spiro atoms. The molecule has 0 aromatic heterocycles. The molecule has 1 fully saturated rings. The predicted octanol–water partition coefficient (Wildman–Crippen LogP) is 0.431. The molecule has 0 saturated carbocycles. The zero-order valence-corrected chi connectivity index (χ0v) is 11.4. The quantitative estimate of drug-likeness (QED) is 0.723. The van der Waals surface area contributed by atoms with Gasteiger partial charge in [-0.2, -0.15) is 0 Å². The monoisotopic (exact) mass is 255 g/mol. The van der Waals surface area contributed by atoms with Crippen molar-refractivity contribution in [3.63, 3.8) is 0 Å². The summed E-state index contributed by atoms with van der Waals surface area (Å²) in [7, 11) is 3.79. The van der Waals surface area contributed by atoms with E-state index in [2.05, 4.69) is 5.32 Å². The van der Waals surface area contributed by atoms with E-state index in [1.165, 1.54) is 4.90 Å². The van der Waals surface area contributed by atoms with Gasteiger partial charge in [0.05, 0.1) is 6.04 Å². The van der Waals surface area contributed by atoms with Crippen molar-refractivity contribution in [1.29, 1.82) is 0 Å². The van der Waals surface area contributed by atoms with Crippen LogP contribution < -0.4 is 5.32 Å². The zero-order chi connectivity index (χ0) is 13.9. The van der Waals surface area contributed by atoms with Crippen molar-refractivity contribution in [2.24, 2.45) is 5.92 Å². The number of hydrogen-bond acceptors (Lipinski definition) is 4. The van der Waals surface area contributed by atoms with Crippen LogP contribution in [0.1, 0.15) is 26.7 Å². The standard InChI is InChI=1S/C12H21N3O3/c1-8(2)5-9(7-14(3)4)15-11(17)6-10(16)13-12(15)18/h8-9H,5-7H2,1-4H3,(H,13,16,18). The second-order valence-corrected chi connectivity index (χ2v) is 5.34. The van der Waals surface area contributed by atoms with Gasteiger partial charge in [0.1, 0.15) is 6.42 Å². The molecule has 0 bridgehead atoms. The Labute approximate surface area is 107 Å². The van der Waals surface area contributed by atoms with E-state index in [1.807, 2.05) is 32.8 Å². The highest BCUT2D eigenvalue weighted by molar-refractivity contribution is 6.14. The minimum absolute atomic E-state index is 0.194. The summed E-state index contributed by atoms with van der Waals surface area (Å²) >= 11 is 0. The maximum absolute atomic E-state index is 11.8. The van der Waals surface area contributed by atoms with Crippen LogP contribution in [0.3, 0.4) is 0 Å². The average molecular weight is 255 g/mol. The topological polar surface area (TPSA) is 69.7 Å². The van der Waals surface area contributed by atoms with Crippen LogP contribution >= 0.6 is 0 Å². The maximum Gasteiger partial charge on any atom is 0.331 e. The van der Waals surface area contributed by atoms with Crippen LogP contribution in [-0.4, -0.2) is 54.3 Å². The first-order valence-electron chi connectivity index (χ1n) is 6.11. The number of barbiturate groups is 1. The molecular formula is C12H21N3O3.